The van der Waals surface area contributed by atoms with E-state index in [1.165, 1.54) is 0 Å². The van der Waals surface area contributed by atoms with Crippen molar-refractivity contribution in [3.05, 3.63) is 0 Å². The van der Waals surface area contributed by atoms with E-state index in [1.54, 1.807) is 13.8 Å². The summed E-state index contributed by atoms with van der Waals surface area (Å²) in [6, 6.07) is -0.335. The van der Waals surface area contributed by atoms with Crippen LogP contribution in [0.4, 0.5) is 4.79 Å². The van der Waals surface area contributed by atoms with Crippen molar-refractivity contribution in [2.24, 2.45) is 5.41 Å². The Labute approximate surface area is 115 Å². The van der Waals surface area contributed by atoms with E-state index >= 15 is 0 Å². The molecule has 0 aliphatic heterocycles. The lowest BCUT2D eigenvalue weighted by atomic mass is 9.93. The number of nitrogens with one attached hydrogen (secondary N) is 2. The number of amides is 2. The van der Waals surface area contributed by atoms with Gasteiger partial charge < -0.3 is 20.6 Å². The Bertz CT molecular complexity index is 325. The van der Waals surface area contributed by atoms with Crippen LogP contribution in [0.15, 0.2) is 0 Å². The SMILES string of the molecule is CN(C)CC(C)(C)CNC(=O)NC(C)(C)CC(=O)O. The van der Waals surface area contributed by atoms with Gasteiger partial charge in [0.25, 0.3) is 0 Å². The normalized spacial score (nSPS) is 12.4. The van der Waals surface area contributed by atoms with Crippen LogP contribution in [0.1, 0.15) is 34.1 Å². The van der Waals surface area contributed by atoms with Crippen molar-refractivity contribution < 1.29 is 14.7 Å². The van der Waals surface area contributed by atoms with Gasteiger partial charge in [-0.1, -0.05) is 13.8 Å². The highest BCUT2D eigenvalue weighted by Gasteiger charge is 2.25. The number of aliphatic carboxylic acids is 1. The maximum atomic E-state index is 11.7. The summed E-state index contributed by atoms with van der Waals surface area (Å²) in [5.41, 5.74) is -0.806. The lowest BCUT2D eigenvalue weighted by molar-refractivity contribution is -0.138. The highest BCUT2D eigenvalue weighted by atomic mass is 16.4. The lowest BCUT2D eigenvalue weighted by Crippen LogP contribution is -2.51. The van der Waals surface area contributed by atoms with Crippen molar-refractivity contribution in [3.8, 4) is 0 Å². The molecule has 0 heterocycles. The molecule has 0 aliphatic carbocycles. The van der Waals surface area contributed by atoms with Crippen LogP contribution in [-0.2, 0) is 4.79 Å². The molecule has 0 aromatic heterocycles. The summed E-state index contributed by atoms with van der Waals surface area (Å²) in [6.45, 7) is 8.88. The first kappa shape index (κ1) is 17.7. The maximum Gasteiger partial charge on any atom is 0.315 e. The first-order valence-electron chi connectivity index (χ1n) is 6.36. The second kappa shape index (κ2) is 6.75. The molecule has 6 heteroatoms. The van der Waals surface area contributed by atoms with E-state index in [0.29, 0.717) is 6.54 Å². The van der Waals surface area contributed by atoms with E-state index in [1.807, 2.05) is 14.1 Å². The average Bonchev–Trinajstić information content (AvgIpc) is 2.09. The van der Waals surface area contributed by atoms with Crippen molar-refractivity contribution in [3.63, 3.8) is 0 Å². The van der Waals surface area contributed by atoms with Gasteiger partial charge in [-0.2, -0.15) is 0 Å². The smallest absolute Gasteiger partial charge is 0.315 e. The molecule has 0 spiro atoms. The predicted molar refractivity (Wildman–Crippen MR) is 75.2 cm³/mol. The number of urea groups is 1. The number of carbonyl (C=O) groups is 2. The molecule has 0 fully saturated rings. The quantitative estimate of drug-likeness (QED) is 0.649. The van der Waals surface area contributed by atoms with E-state index in [0.717, 1.165) is 6.54 Å². The Morgan fingerprint density at radius 3 is 2.11 bits per heavy atom. The molecule has 0 saturated heterocycles. The second-order valence-corrected chi connectivity index (χ2v) is 6.66. The molecule has 0 aromatic carbocycles. The number of nitrogens with zero attached hydrogens (tertiary/aromatic N) is 1. The van der Waals surface area contributed by atoms with Crippen LogP contribution in [-0.4, -0.2) is 54.7 Å². The molecule has 0 aliphatic rings. The largest absolute Gasteiger partial charge is 0.481 e. The van der Waals surface area contributed by atoms with Crippen molar-refractivity contribution in [1.82, 2.24) is 15.5 Å². The summed E-state index contributed by atoms with van der Waals surface area (Å²) in [6.07, 6.45) is -0.110. The minimum atomic E-state index is -0.932. The van der Waals surface area contributed by atoms with Gasteiger partial charge in [-0.15, -0.1) is 0 Å². The fourth-order valence-electron chi connectivity index (χ4n) is 2.01. The number of carbonyl (C=O) groups excluding carboxylic acids is 1. The van der Waals surface area contributed by atoms with Gasteiger partial charge in [0.1, 0.15) is 0 Å². The van der Waals surface area contributed by atoms with E-state index in [2.05, 4.69) is 29.4 Å². The molecule has 112 valence electrons. The van der Waals surface area contributed by atoms with Gasteiger partial charge in [-0.3, -0.25) is 4.79 Å². The zero-order valence-corrected chi connectivity index (χ0v) is 12.8. The van der Waals surface area contributed by atoms with E-state index in [4.69, 9.17) is 5.11 Å². The van der Waals surface area contributed by atoms with Gasteiger partial charge in [-0.05, 0) is 33.4 Å². The summed E-state index contributed by atoms with van der Waals surface area (Å²) in [4.78, 5) is 24.5. The van der Waals surface area contributed by atoms with Gasteiger partial charge in [-0.25, -0.2) is 4.79 Å². The van der Waals surface area contributed by atoms with Crippen LogP contribution < -0.4 is 10.6 Å². The molecule has 0 aromatic rings. The first-order valence-corrected chi connectivity index (χ1v) is 6.36. The molecule has 0 radical (unpaired) electrons. The lowest BCUT2D eigenvalue weighted by Gasteiger charge is -2.30. The summed E-state index contributed by atoms with van der Waals surface area (Å²) in [7, 11) is 3.97. The third kappa shape index (κ3) is 9.30. The van der Waals surface area contributed by atoms with Gasteiger partial charge >= 0.3 is 12.0 Å². The maximum absolute atomic E-state index is 11.7. The third-order valence-corrected chi connectivity index (χ3v) is 2.52. The van der Waals surface area contributed by atoms with E-state index in [-0.39, 0.29) is 17.9 Å². The average molecular weight is 273 g/mol. The molecule has 2 amide bonds. The highest BCUT2D eigenvalue weighted by molar-refractivity contribution is 5.76. The van der Waals surface area contributed by atoms with Crippen molar-refractivity contribution in [1.29, 1.82) is 0 Å². The molecule has 0 saturated carbocycles. The second-order valence-electron chi connectivity index (χ2n) is 6.66. The van der Waals surface area contributed by atoms with E-state index < -0.39 is 11.5 Å². The molecule has 6 nitrogen and oxygen atoms in total. The van der Waals surface area contributed by atoms with Crippen LogP contribution >= 0.6 is 0 Å². The predicted octanol–water partition coefficient (Wildman–Crippen LogP) is 1.13. The van der Waals surface area contributed by atoms with Crippen LogP contribution in [0.2, 0.25) is 0 Å². The first-order chi connectivity index (χ1) is 8.43. The molecule has 0 bridgehead atoms. The number of carboxylic acids is 1. The minimum absolute atomic E-state index is 0.0439. The molecule has 19 heavy (non-hydrogen) atoms. The van der Waals surface area contributed by atoms with Crippen molar-refractivity contribution in [2.45, 2.75) is 39.7 Å². The van der Waals surface area contributed by atoms with Crippen LogP contribution in [0.3, 0.4) is 0 Å². The summed E-state index contributed by atoms with van der Waals surface area (Å²) < 4.78 is 0. The number of carboxylic acid groups (broad SMARTS) is 1. The number of hydrogen-bond acceptors (Lipinski definition) is 3. The van der Waals surface area contributed by atoms with Crippen LogP contribution in [0, 0.1) is 5.41 Å². The zero-order chi connectivity index (χ0) is 15.3. The van der Waals surface area contributed by atoms with Gasteiger partial charge in [0.15, 0.2) is 0 Å². The summed E-state index contributed by atoms with van der Waals surface area (Å²) >= 11 is 0. The topological polar surface area (TPSA) is 81.7 Å². The monoisotopic (exact) mass is 273 g/mol. The zero-order valence-electron chi connectivity index (χ0n) is 12.8. The molecule has 0 rings (SSSR count). The fourth-order valence-corrected chi connectivity index (χ4v) is 2.01. The Balaban J connectivity index is 4.22. The third-order valence-electron chi connectivity index (χ3n) is 2.52. The van der Waals surface area contributed by atoms with Gasteiger partial charge in [0.2, 0.25) is 0 Å². The van der Waals surface area contributed by atoms with Crippen LogP contribution in [0.5, 0.6) is 0 Å². The standard InChI is InChI=1S/C13H27N3O3/c1-12(2,9-16(5)6)8-14-11(19)15-13(3,4)7-10(17)18/h7-9H2,1-6H3,(H,17,18)(H2,14,15,19). The highest BCUT2D eigenvalue weighted by Crippen LogP contribution is 2.14. The van der Waals surface area contributed by atoms with E-state index in [9.17, 15) is 9.59 Å². The number of hydrogen-bond donors (Lipinski definition) is 3. The van der Waals surface area contributed by atoms with Gasteiger partial charge in [0.05, 0.1) is 6.42 Å². The summed E-state index contributed by atoms with van der Waals surface area (Å²) in [5, 5.41) is 14.2. The molecular weight excluding hydrogens is 246 g/mol. The Hall–Kier alpha value is -1.30. The Morgan fingerprint density at radius 2 is 1.68 bits per heavy atom. The van der Waals surface area contributed by atoms with Crippen LogP contribution in [0.25, 0.3) is 0 Å². The molecule has 0 atom stereocenters. The fraction of sp³-hybridized carbons (Fsp3) is 0.846. The Kier molecular flexibility index (Phi) is 6.29. The molecule has 3 N–H and O–H groups in total. The molecule has 0 unspecified atom stereocenters. The minimum Gasteiger partial charge on any atom is -0.481 e. The van der Waals surface area contributed by atoms with Crippen molar-refractivity contribution >= 4 is 12.0 Å². The number of rotatable bonds is 7. The molecular formula is C13H27N3O3. The summed E-state index contributed by atoms with van der Waals surface area (Å²) in [5.74, 6) is -0.932. The Morgan fingerprint density at radius 1 is 1.16 bits per heavy atom. The van der Waals surface area contributed by atoms with Gasteiger partial charge in [0, 0.05) is 18.6 Å². The van der Waals surface area contributed by atoms with Crippen molar-refractivity contribution in [2.75, 3.05) is 27.2 Å².